The summed E-state index contributed by atoms with van der Waals surface area (Å²) in [4.78, 5) is 0. The van der Waals surface area contributed by atoms with E-state index in [4.69, 9.17) is 0 Å². The molecule has 0 aromatic heterocycles. The van der Waals surface area contributed by atoms with Gasteiger partial charge in [0.2, 0.25) is 0 Å². The topological polar surface area (TPSA) is 20.2 Å². The van der Waals surface area contributed by atoms with E-state index < -0.39 is 6.10 Å². The maximum Gasteiger partial charge on any atom is 0.0889 e. The summed E-state index contributed by atoms with van der Waals surface area (Å²) < 4.78 is 0. The molecule has 0 saturated heterocycles. The van der Waals surface area contributed by atoms with Crippen molar-refractivity contribution in [3.05, 3.63) is 70.3 Å². The first kappa shape index (κ1) is 13.4. The van der Waals surface area contributed by atoms with Crippen LogP contribution in [0.1, 0.15) is 46.8 Å². The summed E-state index contributed by atoms with van der Waals surface area (Å²) in [6, 6.07) is 14.8. The van der Waals surface area contributed by atoms with E-state index in [9.17, 15) is 5.11 Å². The highest BCUT2D eigenvalue weighted by molar-refractivity contribution is 5.43. The van der Waals surface area contributed by atoms with Gasteiger partial charge < -0.3 is 5.11 Å². The van der Waals surface area contributed by atoms with Crippen LogP contribution in [0, 0.1) is 20.8 Å². The normalized spacial score (nSPS) is 17.8. The summed E-state index contributed by atoms with van der Waals surface area (Å²) in [5.74, 6) is 0. The maximum absolute atomic E-state index is 11.0. The van der Waals surface area contributed by atoms with Crippen LogP contribution >= 0.6 is 0 Å². The Kier molecular flexibility index (Phi) is 3.18. The molecule has 0 spiro atoms. The molecule has 1 heteroatoms. The number of benzene rings is 2. The van der Waals surface area contributed by atoms with E-state index in [0.29, 0.717) is 0 Å². The lowest BCUT2D eigenvalue weighted by Crippen LogP contribution is -2.19. The van der Waals surface area contributed by atoms with E-state index >= 15 is 0 Å². The van der Waals surface area contributed by atoms with Crippen molar-refractivity contribution in [2.24, 2.45) is 0 Å². The van der Waals surface area contributed by atoms with Gasteiger partial charge in [-0.1, -0.05) is 42.5 Å². The van der Waals surface area contributed by atoms with Crippen molar-refractivity contribution in [3.63, 3.8) is 0 Å². The Hall–Kier alpha value is -1.60. The summed E-state index contributed by atoms with van der Waals surface area (Å²) in [6.45, 7) is 6.35. The van der Waals surface area contributed by atoms with Crippen LogP contribution in [0.2, 0.25) is 0 Å². The molecule has 2 aromatic rings. The molecule has 1 aliphatic rings. The maximum atomic E-state index is 11.0. The smallest absolute Gasteiger partial charge is 0.0889 e. The number of aliphatic hydroxyl groups excluding tert-OH is 1. The molecule has 3 rings (SSSR count). The second-order valence-electron chi connectivity index (χ2n) is 6.22. The minimum Gasteiger partial charge on any atom is -0.387 e. The lowest BCUT2D eigenvalue weighted by Gasteiger charge is -2.25. The summed E-state index contributed by atoms with van der Waals surface area (Å²) in [7, 11) is 0. The molecule has 2 aromatic carbocycles. The molecular weight excluding hydrogens is 244 g/mol. The fraction of sp³-hybridized carbons (Fsp3) is 0.368. The molecule has 1 atom stereocenters. The third kappa shape index (κ3) is 2.06. The molecule has 1 unspecified atom stereocenters. The van der Waals surface area contributed by atoms with Crippen LogP contribution in [0.5, 0.6) is 0 Å². The molecule has 0 heterocycles. The Morgan fingerprint density at radius 3 is 2.10 bits per heavy atom. The second kappa shape index (κ2) is 4.75. The van der Waals surface area contributed by atoms with Crippen molar-refractivity contribution in [2.75, 3.05) is 0 Å². The molecule has 0 radical (unpaired) electrons. The first-order valence-electron chi connectivity index (χ1n) is 7.36. The quantitative estimate of drug-likeness (QED) is 0.874. The van der Waals surface area contributed by atoms with Gasteiger partial charge in [0.05, 0.1) is 6.10 Å². The van der Waals surface area contributed by atoms with Crippen LogP contribution < -0.4 is 0 Å². The van der Waals surface area contributed by atoms with Crippen LogP contribution in [-0.4, -0.2) is 5.11 Å². The standard InChI is InChI=1S/C19H22O/c1-13-11-15(3)17(12-14(13)2)18(20)19(9-10-19)16-7-5-4-6-8-16/h4-8,11-12,18,20H,9-10H2,1-3H3. The van der Waals surface area contributed by atoms with Crippen LogP contribution in [0.4, 0.5) is 0 Å². The Balaban J connectivity index is 2.01. The lowest BCUT2D eigenvalue weighted by molar-refractivity contribution is 0.132. The predicted octanol–water partition coefficient (Wildman–Crippen LogP) is 4.38. The van der Waals surface area contributed by atoms with Gasteiger partial charge in [0, 0.05) is 5.41 Å². The molecule has 1 aliphatic carbocycles. The Labute approximate surface area is 121 Å². The predicted molar refractivity (Wildman–Crippen MR) is 83.0 cm³/mol. The van der Waals surface area contributed by atoms with Gasteiger partial charge in [-0.15, -0.1) is 0 Å². The number of aryl methyl sites for hydroxylation is 3. The van der Waals surface area contributed by atoms with E-state index in [-0.39, 0.29) is 5.41 Å². The Morgan fingerprint density at radius 2 is 1.50 bits per heavy atom. The van der Waals surface area contributed by atoms with Crippen molar-refractivity contribution in [3.8, 4) is 0 Å². The van der Waals surface area contributed by atoms with E-state index in [1.54, 1.807) is 0 Å². The van der Waals surface area contributed by atoms with Gasteiger partial charge in [-0.05, 0) is 61.4 Å². The van der Waals surface area contributed by atoms with E-state index in [1.807, 2.05) is 6.07 Å². The minimum atomic E-state index is -0.399. The van der Waals surface area contributed by atoms with E-state index in [0.717, 1.165) is 18.4 Å². The number of hydrogen-bond donors (Lipinski definition) is 1. The van der Waals surface area contributed by atoms with Crippen molar-refractivity contribution >= 4 is 0 Å². The van der Waals surface area contributed by atoms with Crippen molar-refractivity contribution in [2.45, 2.75) is 45.1 Å². The van der Waals surface area contributed by atoms with Gasteiger partial charge in [0.25, 0.3) is 0 Å². The molecule has 0 bridgehead atoms. The zero-order valence-corrected chi connectivity index (χ0v) is 12.5. The van der Waals surface area contributed by atoms with Crippen molar-refractivity contribution in [1.82, 2.24) is 0 Å². The zero-order chi connectivity index (χ0) is 14.3. The summed E-state index contributed by atoms with van der Waals surface area (Å²) in [5.41, 5.74) is 6.05. The highest BCUT2D eigenvalue weighted by atomic mass is 16.3. The molecule has 20 heavy (non-hydrogen) atoms. The molecule has 0 aliphatic heterocycles. The lowest BCUT2D eigenvalue weighted by atomic mass is 9.83. The molecule has 1 fully saturated rings. The molecular formula is C19H22O. The summed E-state index contributed by atoms with van der Waals surface area (Å²) in [5, 5.41) is 11.0. The SMILES string of the molecule is Cc1cc(C)c(C(O)C2(c3ccccc3)CC2)cc1C. The van der Waals surface area contributed by atoms with Crippen LogP contribution in [0.15, 0.2) is 42.5 Å². The third-order valence-electron chi connectivity index (χ3n) is 4.84. The van der Waals surface area contributed by atoms with Gasteiger partial charge in [0.1, 0.15) is 0 Å². The molecule has 104 valence electrons. The third-order valence-corrected chi connectivity index (χ3v) is 4.84. The molecule has 0 amide bonds. The number of rotatable bonds is 3. The first-order valence-corrected chi connectivity index (χ1v) is 7.36. The summed E-state index contributed by atoms with van der Waals surface area (Å²) in [6.07, 6.45) is 1.75. The van der Waals surface area contributed by atoms with Gasteiger partial charge in [0.15, 0.2) is 0 Å². The fourth-order valence-corrected chi connectivity index (χ4v) is 3.20. The molecule has 1 saturated carbocycles. The average molecular weight is 266 g/mol. The Morgan fingerprint density at radius 1 is 0.900 bits per heavy atom. The minimum absolute atomic E-state index is 0.0618. The number of aliphatic hydroxyl groups is 1. The molecule has 1 N–H and O–H groups in total. The average Bonchev–Trinajstić information content (AvgIpc) is 3.25. The number of hydrogen-bond acceptors (Lipinski definition) is 1. The van der Waals surface area contributed by atoms with Crippen LogP contribution in [0.3, 0.4) is 0 Å². The highest BCUT2D eigenvalue weighted by Gasteiger charge is 2.51. The highest BCUT2D eigenvalue weighted by Crippen LogP contribution is 2.56. The van der Waals surface area contributed by atoms with Gasteiger partial charge >= 0.3 is 0 Å². The van der Waals surface area contributed by atoms with Crippen LogP contribution in [0.25, 0.3) is 0 Å². The van der Waals surface area contributed by atoms with Crippen LogP contribution in [-0.2, 0) is 5.41 Å². The first-order chi connectivity index (χ1) is 9.54. The largest absolute Gasteiger partial charge is 0.387 e. The van der Waals surface area contributed by atoms with Crippen molar-refractivity contribution < 1.29 is 5.11 Å². The van der Waals surface area contributed by atoms with E-state index in [1.165, 1.54) is 22.3 Å². The monoisotopic (exact) mass is 266 g/mol. The summed E-state index contributed by atoms with van der Waals surface area (Å²) >= 11 is 0. The zero-order valence-electron chi connectivity index (χ0n) is 12.5. The second-order valence-corrected chi connectivity index (χ2v) is 6.22. The van der Waals surface area contributed by atoms with Gasteiger partial charge in [-0.25, -0.2) is 0 Å². The van der Waals surface area contributed by atoms with Gasteiger partial charge in [-0.3, -0.25) is 0 Å². The van der Waals surface area contributed by atoms with Gasteiger partial charge in [-0.2, -0.15) is 0 Å². The Bertz CT molecular complexity index is 624. The fourth-order valence-electron chi connectivity index (χ4n) is 3.20. The van der Waals surface area contributed by atoms with Crippen molar-refractivity contribution in [1.29, 1.82) is 0 Å². The molecule has 1 nitrogen and oxygen atoms in total. The van der Waals surface area contributed by atoms with E-state index in [2.05, 4.69) is 57.2 Å².